The molecule has 0 aromatic rings. The van der Waals surface area contributed by atoms with Gasteiger partial charge in [0.05, 0.1) is 0 Å². The van der Waals surface area contributed by atoms with Crippen LogP contribution in [0.5, 0.6) is 0 Å². The Morgan fingerprint density at radius 1 is 1.54 bits per heavy atom. The summed E-state index contributed by atoms with van der Waals surface area (Å²) >= 11 is 0. The van der Waals surface area contributed by atoms with Crippen molar-refractivity contribution in [1.29, 1.82) is 0 Å². The number of hydrogen-bond donors (Lipinski definition) is 1. The predicted octanol–water partition coefficient (Wildman–Crippen LogP) is 1.60. The maximum Gasteiger partial charge on any atom is 0.0267 e. The molecule has 2 nitrogen and oxygen atoms in total. The summed E-state index contributed by atoms with van der Waals surface area (Å²) < 4.78 is 0. The van der Waals surface area contributed by atoms with Crippen molar-refractivity contribution in [3.8, 4) is 0 Å². The van der Waals surface area contributed by atoms with Gasteiger partial charge < -0.3 is 5.73 Å². The molecule has 1 saturated heterocycles. The number of hydrogen-bond acceptors (Lipinski definition) is 2. The van der Waals surface area contributed by atoms with Gasteiger partial charge in [-0.15, -0.1) is 0 Å². The van der Waals surface area contributed by atoms with Gasteiger partial charge in [0, 0.05) is 24.7 Å². The Bertz CT molecular complexity index is 185. The van der Waals surface area contributed by atoms with Gasteiger partial charge in [-0.05, 0) is 32.6 Å². The Morgan fingerprint density at radius 3 is 2.69 bits per heavy atom. The van der Waals surface area contributed by atoms with Gasteiger partial charge in [-0.1, -0.05) is 12.8 Å². The van der Waals surface area contributed by atoms with Gasteiger partial charge in [0.15, 0.2) is 0 Å². The van der Waals surface area contributed by atoms with Crippen LogP contribution >= 0.6 is 0 Å². The summed E-state index contributed by atoms with van der Waals surface area (Å²) in [7, 11) is 0. The van der Waals surface area contributed by atoms with Gasteiger partial charge in [0.2, 0.25) is 0 Å². The molecule has 2 N–H and O–H groups in total. The van der Waals surface area contributed by atoms with Gasteiger partial charge in [0.1, 0.15) is 0 Å². The fraction of sp³-hybridized carbons (Fsp3) is 1.00. The Labute approximate surface area is 81.5 Å². The fourth-order valence-corrected chi connectivity index (χ4v) is 2.38. The molecule has 76 valence electrons. The minimum atomic E-state index is 0.0812. The van der Waals surface area contributed by atoms with Gasteiger partial charge in [0.25, 0.3) is 0 Å². The SMILES string of the molecule is CC(CC1CC1)N1CCC(C)(N)C1. The van der Waals surface area contributed by atoms with Crippen LogP contribution in [0.1, 0.15) is 39.5 Å². The summed E-state index contributed by atoms with van der Waals surface area (Å²) in [6, 6.07) is 0.762. The topological polar surface area (TPSA) is 29.3 Å². The van der Waals surface area contributed by atoms with E-state index in [1.807, 2.05) is 0 Å². The number of nitrogens with two attached hydrogens (primary N) is 1. The third kappa shape index (κ3) is 2.44. The molecule has 1 heterocycles. The van der Waals surface area contributed by atoms with Crippen molar-refractivity contribution >= 4 is 0 Å². The zero-order valence-corrected chi connectivity index (χ0v) is 8.92. The highest BCUT2D eigenvalue weighted by atomic mass is 15.2. The van der Waals surface area contributed by atoms with Crippen LogP contribution in [0.2, 0.25) is 0 Å². The Hall–Kier alpha value is -0.0800. The van der Waals surface area contributed by atoms with Gasteiger partial charge in [-0.2, -0.15) is 0 Å². The standard InChI is InChI=1S/C11H22N2/c1-9(7-10-3-4-10)13-6-5-11(2,12)8-13/h9-10H,3-8,12H2,1-2H3. The highest BCUT2D eigenvalue weighted by Crippen LogP contribution is 2.35. The average Bonchev–Trinajstić information content (AvgIpc) is 2.75. The highest BCUT2D eigenvalue weighted by Gasteiger charge is 2.34. The molecule has 0 spiro atoms. The molecule has 0 aromatic heterocycles. The molecule has 2 heteroatoms. The third-order valence-electron chi connectivity index (χ3n) is 3.53. The molecular formula is C11H22N2. The molecule has 2 rings (SSSR count). The summed E-state index contributed by atoms with van der Waals surface area (Å²) in [5, 5.41) is 0. The maximum atomic E-state index is 6.11. The van der Waals surface area contributed by atoms with Crippen molar-refractivity contribution in [3.05, 3.63) is 0 Å². The molecule has 2 fully saturated rings. The minimum absolute atomic E-state index is 0.0812. The number of nitrogens with zero attached hydrogens (tertiary/aromatic N) is 1. The zero-order chi connectivity index (χ0) is 9.47. The fourth-order valence-electron chi connectivity index (χ4n) is 2.38. The first-order valence-corrected chi connectivity index (χ1v) is 5.60. The van der Waals surface area contributed by atoms with Crippen molar-refractivity contribution in [3.63, 3.8) is 0 Å². The van der Waals surface area contributed by atoms with E-state index in [9.17, 15) is 0 Å². The van der Waals surface area contributed by atoms with Gasteiger partial charge in [-0.3, -0.25) is 4.90 Å². The van der Waals surface area contributed by atoms with E-state index < -0.39 is 0 Å². The second-order valence-electron chi connectivity index (χ2n) is 5.40. The lowest BCUT2D eigenvalue weighted by molar-refractivity contribution is 0.227. The van der Waals surface area contributed by atoms with Crippen LogP contribution in [0.4, 0.5) is 0 Å². The van der Waals surface area contributed by atoms with E-state index in [1.54, 1.807) is 0 Å². The molecule has 1 aliphatic heterocycles. The zero-order valence-electron chi connectivity index (χ0n) is 8.92. The smallest absolute Gasteiger partial charge is 0.0267 e. The lowest BCUT2D eigenvalue weighted by Crippen LogP contribution is -2.41. The minimum Gasteiger partial charge on any atom is -0.324 e. The molecule has 0 amide bonds. The van der Waals surface area contributed by atoms with Crippen molar-refractivity contribution in [2.45, 2.75) is 51.1 Å². The molecule has 0 radical (unpaired) electrons. The summed E-state index contributed by atoms with van der Waals surface area (Å²) in [6.45, 7) is 6.85. The third-order valence-corrected chi connectivity index (χ3v) is 3.53. The summed E-state index contributed by atoms with van der Waals surface area (Å²) in [5.74, 6) is 1.04. The van der Waals surface area contributed by atoms with E-state index in [0.29, 0.717) is 0 Å². The molecule has 0 bridgehead atoms. The highest BCUT2D eigenvalue weighted by molar-refractivity contribution is 4.93. The lowest BCUT2D eigenvalue weighted by atomic mass is 10.0. The Balaban J connectivity index is 1.80. The average molecular weight is 182 g/mol. The molecule has 0 aromatic carbocycles. The number of rotatable bonds is 3. The first-order valence-electron chi connectivity index (χ1n) is 5.60. The molecule has 2 unspecified atom stereocenters. The molecule has 13 heavy (non-hydrogen) atoms. The van der Waals surface area contributed by atoms with E-state index in [4.69, 9.17) is 5.73 Å². The monoisotopic (exact) mass is 182 g/mol. The van der Waals surface area contributed by atoms with Crippen LogP contribution in [-0.2, 0) is 0 Å². The van der Waals surface area contributed by atoms with Crippen LogP contribution in [0.3, 0.4) is 0 Å². The van der Waals surface area contributed by atoms with E-state index >= 15 is 0 Å². The van der Waals surface area contributed by atoms with Crippen LogP contribution in [0, 0.1) is 5.92 Å². The first kappa shape index (κ1) is 9.47. The van der Waals surface area contributed by atoms with E-state index in [0.717, 1.165) is 18.5 Å². The predicted molar refractivity (Wildman–Crippen MR) is 55.6 cm³/mol. The van der Waals surface area contributed by atoms with Crippen molar-refractivity contribution < 1.29 is 0 Å². The van der Waals surface area contributed by atoms with E-state index in [-0.39, 0.29) is 5.54 Å². The number of likely N-dealkylation sites (tertiary alicyclic amines) is 1. The molecule has 1 aliphatic carbocycles. The van der Waals surface area contributed by atoms with Crippen LogP contribution in [0.25, 0.3) is 0 Å². The van der Waals surface area contributed by atoms with Gasteiger partial charge >= 0.3 is 0 Å². The second-order valence-corrected chi connectivity index (χ2v) is 5.40. The Morgan fingerprint density at radius 2 is 2.23 bits per heavy atom. The maximum absolute atomic E-state index is 6.11. The van der Waals surface area contributed by atoms with Crippen molar-refractivity contribution in [2.75, 3.05) is 13.1 Å². The van der Waals surface area contributed by atoms with Crippen molar-refractivity contribution in [1.82, 2.24) is 4.90 Å². The Kier molecular flexibility index (Phi) is 2.37. The van der Waals surface area contributed by atoms with E-state index in [2.05, 4.69) is 18.7 Å². The first-order chi connectivity index (χ1) is 6.07. The summed E-state index contributed by atoms with van der Waals surface area (Å²) in [5.41, 5.74) is 6.19. The summed E-state index contributed by atoms with van der Waals surface area (Å²) in [4.78, 5) is 2.57. The van der Waals surface area contributed by atoms with Crippen LogP contribution in [-0.4, -0.2) is 29.6 Å². The molecule has 2 aliphatic rings. The molecule has 1 saturated carbocycles. The molecular weight excluding hydrogens is 160 g/mol. The normalized spacial score (nSPS) is 38.1. The second kappa shape index (κ2) is 3.25. The summed E-state index contributed by atoms with van der Waals surface area (Å²) in [6.07, 6.45) is 5.51. The largest absolute Gasteiger partial charge is 0.324 e. The van der Waals surface area contributed by atoms with E-state index in [1.165, 1.54) is 32.2 Å². The lowest BCUT2D eigenvalue weighted by Gasteiger charge is -2.25. The quantitative estimate of drug-likeness (QED) is 0.718. The molecule has 2 atom stereocenters. The van der Waals surface area contributed by atoms with Crippen molar-refractivity contribution in [2.24, 2.45) is 11.7 Å². The van der Waals surface area contributed by atoms with Crippen LogP contribution < -0.4 is 5.73 Å². The van der Waals surface area contributed by atoms with Gasteiger partial charge in [-0.25, -0.2) is 0 Å². The van der Waals surface area contributed by atoms with Crippen LogP contribution in [0.15, 0.2) is 0 Å².